The predicted molar refractivity (Wildman–Crippen MR) is 105 cm³/mol. The number of nitrogens with one attached hydrogen (secondary N) is 3. The minimum absolute atomic E-state index is 0.179. The van der Waals surface area contributed by atoms with Gasteiger partial charge in [0.05, 0.1) is 19.2 Å². The molecule has 0 aliphatic rings. The van der Waals surface area contributed by atoms with Gasteiger partial charge < -0.3 is 15.4 Å². The normalized spacial score (nSPS) is 11.9. The van der Waals surface area contributed by atoms with Crippen molar-refractivity contribution in [1.82, 2.24) is 15.5 Å². The van der Waals surface area contributed by atoms with Crippen molar-refractivity contribution in [3.63, 3.8) is 0 Å². The van der Waals surface area contributed by atoms with Crippen LogP contribution in [0.5, 0.6) is 5.75 Å². The maximum Gasteiger partial charge on any atom is 0.248 e. The summed E-state index contributed by atoms with van der Waals surface area (Å²) in [5.74, 6) is 1.01. The van der Waals surface area contributed by atoms with Gasteiger partial charge in [-0.25, -0.2) is 0 Å². The topological polar surface area (TPSA) is 96.1 Å². The van der Waals surface area contributed by atoms with E-state index in [1.54, 1.807) is 12.3 Å². The van der Waals surface area contributed by atoms with Crippen LogP contribution in [-0.4, -0.2) is 34.7 Å². The van der Waals surface area contributed by atoms with Gasteiger partial charge in [-0.05, 0) is 49.4 Å². The van der Waals surface area contributed by atoms with E-state index in [1.165, 1.54) is 5.56 Å². The highest BCUT2D eigenvalue weighted by Crippen LogP contribution is 2.16. The Morgan fingerprint density at radius 1 is 1.19 bits per heavy atom. The molecule has 0 saturated heterocycles. The molecule has 0 radical (unpaired) electrons. The Morgan fingerprint density at radius 2 is 1.96 bits per heavy atom. The highest BCUT2D eigenvalue weighted by Gasteiger charge is 2.22. The summed E-state index contributed by atoms with van der Waals surface area (Å²) < 4.78 is 5.65. The maximum atomic E-state index is 12.4. The summed E-state index contributed by atoms with van der Waals surface area (Å²) in [6, 6.07) is 6.88. The molecule has 0 spiro atoms. The molecule has 1 atom stereocenters. The number of rotatable bonds is 9. The molecule has 27 heavy (non-hydrogen) atoms. The van der Waals surface area contributed by atoms with E-state index in [0.717, 1.165) is 11.3 Å². The van der Waals surface area contributed by atoms with Crippen molar-refractivity contribution < 1.29 is 14.3 Å². The van der Waals surface area contributed by atoms with Crippen LogP contribution < -0.4 is 15.4 Å². The first-order valence-electron chi connectivity index (χ1n) is 9.14. The predicted octanol–water partition coefficient (Wildman–Crippen LogP) is 2.97. The molecule has 7 heteroatoms. The van der Waals surface area contributed by atoms with E-state index in [4.69, 9.17) is 4.74 Å². The van der Waals surface area contributed by atoms with Gasteiger partial charge in [0.1, 0.15) is 17.6 Å². The Kier molecular flexibility index (Phi) is 7.40. The molecule has 1 aromatic carbocycles. The van der Waals surface area contributed by atoms with Gasteiger partial charge in [-0.15, -0.1) is 0 Å². The Hall–Kier alpha value is -2.83. The molecule has 2 aromatic rings. The minimum Gasteiger partial charge on any atom is -0.493 e. The zero-order valence-electron chi connectivity index (χ0n) is 16.3. The van der Waals surface area contributed by atoms with E-state index in [0.29, 0.717) is 12.2 Å². The van der Waals surface area contributed by atoms with Gasteiger partial charge in [0, 0.05) is 6.07 Å². The summed E-state index contributed by atoms with van der Waals surface area (Å²) in [5, 5.41) is 12.0. The van der Waals surface area contributed by atoms with Crippen LogP contribution in [0.15, 0.2) is 30.5 Å². The SMILES string of the molecule is Cc1ccc(OCCC(=O)NC(CC(C)C)C(=O)Nc2ccn[nH]2)cc1C. The number of aryl methyl sites for hydroxylation is 2. The Morgan fingerprint density at radius 3 is 2.59 bits per heavy atom. The lowest BCUT2D eigenvalue weighted by atomic mass is 10.0. The lowest BCUT2D eigenvalue weighted by molar-refractivity contribution is -0.127. The van der Waals surface area contributed by atoms with Crippen molar-refractivity contribution in [3.8, 4) is 5.75 Å². The molecular formula is C20H28N4O3. The van der Waals surface area contributed by atoms with Gasteiger partial charge in [-0.1, -0.05) is 19.9 Å². The van der Waals surface area contributed by atoms with Crippen LogP contribution in [0.25, 0.3) is 0 Å². The highest BCUT2D eigenvalue weighted by molar-refractivity contribution is 5.96. The van der Waals surface area contributed by atoms with Crippen molar-refractivity contribution in [2.75, 3.05) is 11.9 Å². The lowest BCUT2D eigenvalue weighted by Gasteiger charge is -2.20. The van der Waals surface area contributed by atoms with Crippen LogP contribution in [0.3, 0.4) is 0 Å². The van der Waals surface area contributed by atoms with Crippen LogP contribution >= 0.6 is 0 Å². The molecule has 146 valence electrons. The van der Waals surface area contributed by atoms with E-state index < -0.39 is 6.04 Å². The summed E-state index contributed by atoms with van der Waals surface area (Å²) in [4.78, 5) is 24.7. The molecule has 0 fully saturated rings. The molecule has 3 N–H and O–H groups in total. The lowest BCUT2D eigenvalue weighted by Crippen LogP contribution is -2.45. The van der Waals surface area contributed by atoms with E-state index >= 15 is 0 Å². The second-order valence-electron chi connectivity index (χ2n) is 7.05. The Balaban J connectivity index is 1.85. The highest BCUT2D eigenvalue weighted by atomic mass is 16.5. The minimum atomic E-state index is -0.609. The summed E-state index contributed by atoms with van der Waals surface area (Å²) >= 11 is 0. The fraction of sp³-hybridized carbons (Fsp3) is 0.450. The van der Waals surface area contributed by atoms with Crippen LogP contribution in [0.1, 0.15) is 37.8 Å². The van der Waals surface area contributed by atoms with Crippen LogP contribution in [0.4, 0.5) is 5.82 Å². The van der Waals surface area contributed by atoms with Crippen LogP contribution in [0.2, 0.25) is 0 Å². The molecule has 0 bridgehead atoms. The number of aromatic nitrogens is 2. The summed E-state index contributed by atoms with van der Waals surface area (Å²) in [5.41, 5.74) is 2.34. The number of aromatic amines is 1. The van der Waals surface area contributed by atoms with Gasteiger partial charge in [0.2, 0.25) is 11.8 Å². The fourth-order valence-electron chi connectivity index (χ4n) is 2.58. The third-order valence-electron chi connectivity index (χ3n) is 4.19. The van der Waals surface area contributed by atoms with Gasteiger partial charge in [-0.3, -0.25) is 14.7 Å². The third kappa shape index (κ3) is 6.77. The van der Waals surface area contributed by atoms with Crippen molar-refractivity contribution in [2.45, 2.75) is 46.6 Å². The second kappa shape index (κ2) is 9.75. The van der Waals surface area contributed by atoms with E-state index in [2.05, 4.69) is 20.8 Å². The van der Waals surface area contributed by atoms with Gasteiger partial charge in [0.15, 0.2) is 0 Å². The maximum absolute atomic E-state index is 12.4. The number of H-pyrrole nitrogens is 1. The number of hydrogen-bond donors (Lipinski definition) is 3. The number of amides is 2. The molecule has 2 amide bonds. The number of carbonyl (C=O) groups is 2. The molecule has 1 aromatic heterocycles. The zero-order chi connectivity index (χ0) is 19.8. The number of hydrogen-bond acceptors (Lipinski definition) is 4. The molecule has 0 aliphatic heterocycles. The first-order valence-corrected chi connectivity index (χ1v) is 9.14. The molecule has 0 saturated carbocycles. The molecule has 2 rings (SSSR count). The molecule has 7 nitrogen and oxygen atoms in total. The first-order chi connectivity index (χ1) is 12.8. The first kappa shape index (κ1) is 20.5. The number of ether oxygens (including phenoxy) is 1. The smallest absolute Gasteiger partial charge is 0.248 e. The van der Waals surface area contributed by atoms with Crippen molar-refractivity contribution in [2.24, 2.45) is 5.92 Å². The van der Waals surface area contributed by atoms with Crippen molar-refractivity contribution in [1.29, 1.82) is 0 Å². The summed E-state index contributed by atoms with van der Waals surface area (Å²) in [6.45, 7) is 8.32. The number of carbonyl (C=O) groups excluding carboxylic acids is 2. The van der Waals surface area contributed by atoms with Crippen LogP contribution in [0, 0.1) is 19.8 Å². The summed E-state index contributed by atoms with van der Waals surface area (Å²) in [6.07, 6.45) is 2.28. The largest absolute Gasteiger partial charge is 0.493 e. The summed E-state index contributed by atoms with van der Waals surface area (Å²) in [7, 11) is 0. The average molecular weight is 372 g/mol. The molecular weight excluding hydrogens is 344 g/mol. The zero-order valence-corrected chi connectivity index (χ0v) is 16.3. The average Bonchev–Trinajstić information content (AvgIpc) is 3.10. The molecule has 1 unspecified atom stereocenters. The van der Waals surface area contributed by atoms with E-state index in [-0.39, 0.29) is 30.8 Å². The monoisotopic (exact) mass is 372 g/mol. The third-order valence-corrected chi connectivity index (χ3v) is 4.19. The van der Waals surface area contributed by atoms with Crippen molar-refractivity contribution in [3.05, 3.63) is 41.6 Å². The van der Waals surface area contributed by atoms with E-state index in [1.807, 2.05) is 45.9 Å². The van der Waals surface area contributed by atoms with Gasteiger partial charge in [0.25, 0.3) is 0 Å². The van der Waals surface area contributed by atoms with Crippen molar-refractivity contribution >= 4 is 17.6 Å². The van der Waals surface area contributed by atoms with Crippen LogP contribution in [-0.2, 0) is 9.59 Å². The van der Waals surface area contributed by atoms with E-state index in [9.17, 15) is 9.59 Å². The second-order valence-corrected chi connectivity index (χ2v) is 7.05. The Bertz CT molecular complexity index is 757. The Labute approximate surface area is 159 Å². The van der Waals surface area contributed by atoms with Gasteiger partial charge in [-0.2, -0.15) is 5.10 Å². The molecule has 1 heterocycles. The number of anilines is 1. The number of nitrogens with zero attached hydrogens (tertiary/aromatic N) is 1. The van der Waals surface area contributed by atoms with Gasteiger partial charge >= 0.3 is 0 Å². The number of benzene rings is 1. The molecule has 0 aliphatic carbocycles. The standard InChI is InChI=1S/C20H28N4O3/c1-13(2)11-17(20(26)23-18-7-9-21-24-18)22-19(25)8-10-27-16-6-5-14(3)15(4)12-16/h5-7,9,12-13,17H,8,10-11H2,1-4H3,(H,22,25)(H2,21,23,24,26). The quantitative estimate of drug-likeness (QED) is 0.630. The fourth-order valence-corrected chi connectivity index (χ4v) is 2.58.